The summed E-state index contributed by atoms with van der Waals surface area (Å²) in [5, 5.41) is 3.49. The molecule has 0 aromatic rings. The lowest BCUT2D eigenvalue weighted by molar-refractivity contribution is -0.127. The molecule has 2 rings (SSSR count). The molecule has 2 aliphatic rings. The Kier molecular flexibility index (Phi) is 3.73. The Morgan fingerprint density at radius 1 is 1.59 bits per heavy atom. The molecule has 0 aromatic carbocycles. The number of carbonyl (C=O) groups is 1. The minimum Gasteiger partial charge on any atom is -0.368 e. The van der Waals surface area contributed by atoms with Gasteiger partial charge in [-0.05, 0) is 45.6 Å². The maximum absolute atomic E-state index is 11.9. The predicted molar refractivity (Wildman–Crippen MR) is 68.6 cm³/mol. The molecular weight excluding hydrogens is 214 g/mol. The van der Waals surface area contributed by atoms with Crippen LogP contribution in [0.15, 0.2) is 0 Å². The summed E-state index contributed by atoms with van der Waals surface area (Å²) in [7, 11) is 0. The van der Waals surface area contributed by atoms with E-state index < -0.39 is 5.54 Å². The second kappa shape index (κ2) is 4.94. The van der Waals surface area contributed by atoms with Gasteiger partial charge < -0.3 is 16.0 Å². The van der Waals surface area contributed by atoms with E-state index >= 15 is 0 Å². The van der Waals surface area contributed by atoms with Gasteiger partial charge in [-0.2, -0.15) is 0 Å². The molecule has 2 fully saturated rings. The molecule has 3 atom stereocenters. The third-order valence-corrected chi connectivity index (χ3v) is 4.52. The van der Waals surface area contributed by atoms with E-state index in [0.29, 0.717) is 12.1 Å². The van der Waals surface area contributed by atoms with Crippen molar-refractivity contribution in [1.29, 1.82) is 0 Å². The summed E-state index contributed by atoms with van der Waals surface area (Å²) < 4.78 is 0. The van der Waals surface area contributed by atoms with Gasteiger partial charge in [-0.25, -0.2) is 0 Å². The summed E-state index contributed by atoms with van der Waals surface area (Å²) in [6.45, 7) is 6.47. The number of piperidine rings is 1. The largest absolute Gasteiger partial charge is 0.368 e. The average molecular weight is 239 g/mol. The molecule has 2 heterocycles. The molecule has 0 saturated carbocycles. The van der Waals surface area contributed by atoms with E-state index in [0.717, 1.165) is 25.8 Å². The fourth-order valence-electron chi connectivity index (χ4n) is 3.26. The topological polar surface area (TPSA) is 58.4 Å². The van der Waals surface area contributed by atoms with Crippen LogP contribution in [0, 0.1) is 0 Å². The number of hydrogen-bond acceptors (Lipinski definition) is 3. The lowest BCUT2D eigenvalue weighted by Crippen LogP contribution is -2.64. The molecule has 3 N–H and O–H groups in total. The summed E-state index contributed by atoms with van der Waals surface area (Å²) in [6, 6.07) is 0.920. The molecule has 4 heteroatoms. The van der Waals surface area contributed by atoms with Crippen molar-refractivity contribution in [1.82, 2.24) is 10.2 Å². The molecule has 17 heavy (non-hydrogen) atoms. The maximum atomic E-state index is 11.9. The van der Waals surface area contributed by atoms with Crippen molar-refractivity contribution < 1.29 is 4.79 Å². The smallest absolute Gasteiger partial charge is 0.237 e. The predicted octanol–water partition coefficient (Wildman–Crippen LogP) is 0.857. The van der Waals surface area contributed by atoms with Crippen molar-refractivity contribution in [3.05, 3.63) is 0 Å². The molecule has 0 bridgehead atoms. The number of carbonyl (C=O) groups excluding carboxylic acids is 1. The van der Waals surface area contributed by atoms with Gasteiger partial charge >= 0.3 is 0 Å². The summed E-state index contributed by atoms with van der Waals surface area (Å²) in [4.78, 5) is 14.4. The number of primary amides is 1. The summed E-state index contributed by atoms with van der Waals surface area (Å²) in [5.74, 6) is -0.163. The second-order valence-corrected chi connectivity index (χ2v) is 5.69. The van der Waals surface area contributed by atoms with Crippen molar-refractivity contribution in [2.45, 2.75) is 63.6 Å². The first-order valence-electron chi connectivity index (χ1n) is 6.89. The molecule has 2 saturated heterocycles. The highest BCUT2D eigenvalue weighted by molar-refractivity contribution is 5.85. The van der Waals surface area contributed by atoms with E-state index in [1.165, 1.54) is 19.4 Å². The molecule has 3 unspecified atom stereocenters. The maximum Gasteiger partial charge on any atom is 0.237 e. The molecule has 1 amide bonds. The SMILES string of the molecule is CCC(C)NC1(C(N)=O)CCN2CCCC2C1. The zero-order chi connectivity index (χ0) is 12.5. The van der Waals surface area contributed by atoms with Crippen molar-refractivity contribution >= 4 is 5.91 Å². The molecule has 0 aromatic heterocycles. The van der Waals surface area contributed by atoms with Crippen molar-refractivity contribution in [2.24, 2.45) is 5.73 Å². The zero-order valence-electron chi connectivity index (χ0n) is 11.0. The van der Waals surface area contributed by atoms with E-state index in [-0.39, 0.29) is 5.91 Å². The number of fused-ring (bicyclic) bond motifs is 1. The molecule has 0 aliphatic carbocycles. The van der Waals surface area contributed by atoms with Crippen molar-refractivity contribution in [3.63, 3.8) is 0 Å². The number of hydrogen-bond donors (Lipinski definition) is 2. The van der Waals surface area contributed by atoms with Crippen LogP contribution < -0.4 is 11.1 Å². The zero-order valence-corrected chi connectivity index (χ0v) is 11.0. The number of rotatable bonds is 4. The van der Waals surface area contributed by atoms with Gasteiger partial charge in [-0.1, -0.05) is 6.92 Å². The van der Waals surface area contributed by atoms with Crippen LogP contribution >= 0.6 is 0 Å². The lowest BCUT2D eigenvalue weighted by Gasteiger charge is -2.44. The Morgan fingerprint density at radius 2 is 2.35 bits per heavy atom. The van der Waals surface area contributed by atoms with Gasteiger partial charge in [-0.15, -0.1) is 0 Å². The second-order valence-electron chi connectivity index (χ2n) is 5.69. The van der Waals surface area contributed by atoms with Crippen LogP contribution in [0.25, 0.3) is 0 Å². The van der Waals surface area contributed by atoms with Gasteiger partial charge in [0.1, 0.15) is 5.54 Å². The Bertz CT molecular complexity index is 294. The Hall–Kier alpha value is -0.610. The van der Waals surface area contributed by atoms with Crippen molar-refractivity contribution in [2.75, 3.05) is 13.1 Å². The van der Waals surface area contributed by atoms with Crippen LogP contribution in [0.5, 0.6) is 0 Å². The number of nitrogens with zero attached hydrogens (tertiary/aromatic N) is 1. The molecule has 0 spiro atoms. The third-order valence-electron chi connectivity index (χ3n) is 4.52. The first-order valence-corrected chi connectivity index (χ1v) is 6.89. The fraction of sp³-hybridized carbons (Fsp3) is 0.923. The van der Waals surface area contributed by atoms with E-state index in [4.69, 9.17) is 5.73 Å². The average Bonchev–Trinajstić information content (AvgIpc) is 2.75. The molecule has 0 radical (unpaired) electrons. The number of amides is 1. The van der Waals surface area contributed by atoms with Gasteiger partial charge in [0.15, 0.2) is 0 Å². The van der Waals surface area contributed by atoms with Crippen LogP contribution in [-0.4, -0.2) is 41.5 Å². The molecule has 2 aliphatic heterocycles. The number of nitrogens with two attached hydrogens (primary N) is 1. The first kappa shape index (κ1) is 12.8. The summed E-state index contributed by atoms with van der Waals surface area (Å²) in [6.07, 6.45) is 5.28. The minimum atomic E-state index is -0.457. The normalized spacial score (nSPS) is 35.5. The third kappa shape index (κ3) is 2.47. The van der Waals surface area contributed by atoms with Gasteiger partial charge in [0.25, 0.3) is 0 Å². The first-order chi connectivity index (χ1) is 8.07. The highest BCUT2D eigenvalue weighted by atomic mass is 16.1. The van der Waals surface area contributed by atoms with E-state index in [9.17, 15) is 4.79 Å². The lowest BCUT2D eigenvalue weighted by atomic mass is 9.82. The fourth-order valence-corrected chi connectivity index (χ4v) is 3.26. The van der Waals surface area contributed by atoms with Crippen LogP contribution in [0.1, 0.15) is 46.0 Å². The van der Waals surface area contributed by atoms with Gasteiger partial charge in [0.05, 0.1) is 0 Å². The van der Waals surface area contributed by atoms with Crippen LogP contribution in [0.2, 0.25) is 0 Å². The Balaban J connectivity index is 2.09. The summed E-state index contributed by atoms with van der Waals surface area (Å²) in [5.41, 5.74) is 5.21. The van der Waals surface area contributed by atoms with Crippen LogP contribution in [0.3, 0.4) is 0 Å². The van der Waals surface area contributed by atoms with Gasteiger partial charge in [0, 0.05) is 18.6 Å². The van der Waals surface area contributed by atoms with E-state index in [2.05, 4.69) is 24.1 Å². The van der Waals surface area contributed by atoms with E-state index in [1.54, 1.807) is 0 Å². The standard InChI is InChI=1S/C13H25N3O/c1-3-10(2)15-13(12(14)17)6-8-16-7-4-5-11(16)9-13/h10-11,15H,3-9H2,1-2H3,(H2,14,17). The monoisotopic (exact) mass is 239 g/mol. The highest BCUT2D eigenvalue weighted by Crippen LogP contribution is 2.33. The van der Waals surface area contributed by atoms with Gasteiger partial charge in [0.2, 0.25) is 5.91 Å². The molecular formula is C13H25N3O. The Labute approximate surface area is 104 Å². The highest BCUT2D eigenvalue weighted by Gasteiger charge is 2.45. The minimum absolute atomic E-state index is 0.163. The van der Waals surface area contributed by atoms with Crippen molar-refractivity contribution in [3.8, 4) is 0 Å². The van der Waals surface area contributed by atoms with Crippen LogP contribution in [-0.2, 0) is 4.79 Å². The quantitative estimate of drug-likeness (QED) is 0.765. The molecule has 4 nitrogen and oxygen atoms in total. The Morgan fingerprint density at radius 3 is 3.00 bits per heavy atom. The number of nitrogens with one attached hydrogen (secondary N) is 1. The van der Waals surface area contributed by atoms with Crippen LogP contribution in [0.4, 0.5) is 0 Å². The molecule has 98 valence electrons. The van der Waals surface area contributed by atoms with Gasteiger partial charge in [-0.3, -0.25) is 4.79 Å². The summed E-state index contributed by atoms with van der Waals surface area (Å²) >= 11 is 0. The van der Waals surface area contributed by atoms with E-state index in [1.807, 2.05) is 0 Å².